The minimum atomic E-state index is -0.694. The number of nitrogens with one attached hydrogen (secondary N) is 1. The molecule has 17 heavy (non-hydrogen) atoms. The van der Waals surface area contributed by atoms with Crippen LogP contribution in [0.3, 0.4) is 0 Å². The van der Waals surface area contributed by atoms with Gasteiger partial charge in [0, 0.05) is 11.9 Å². The van der Waals surface area contributed by atoms with E-state index >= 15 is 0 Å². The van der Waals surface area contributed by atoms with Gasteiger partial charge in [-0.05, 0) is 25.1 Å². The first-order valence-corrected chi connectivity index (χ1v) is 6.15. The largest absolute Gasteiger partial charge is 0.370 e. The number of aliphatic imine (C=N–C) groups is 1. The van der Waals surface area contributed by atoms with Gasteiger partial charge in [-0.2, -0.15) is 0 Å². The first-order chi connectivity index (χ1) is 8.17. The molecule has 1 unspecified atom stereocenters. The predicted molar refractivity (Wildman–Crippen MR) is 77.6 cm³/mol. The standard InChI is InChI=1S/C13H23BN2O/c1-5-8-15-12(7-3)9-13(17)16-10-11(6-2)14-4/h5,8-10,13-14,16-17H,1,6-7H2,2-4H3/b11-10+,12-9-,15-8+. The number of hydrogen-bond donors (Lipinski definition) is 2. The van der Waals surface area contributed by atoms with Crippen molar-refractivity contribution in [3.63, 3.8) is 0 Å². The van der Waals surface area contributed by atoms with Gasteiger partial charge in [0.2, 0.25) is 0 Å². The van der Waals surface area contributed by atoms with E-state index in [1.807, 2.05) is 13.1 Å². The molecule has 0 aliphatic rings. The van der Waals surface area contributed by atoms with Crippen molar-refractivity contribution >= 4 is 13.5 Å². The summed E-state index contributed by atoms with van der Waals surface area (Å²) in [4.78, 5) is 4.17. The van der Waals surface area contributed by atoms with Crippen LogP contribution in [0.15, 0.2) is 41.1 Å². The molecule has 0 heterocycles. The number of hydrogen-bond acceptors (Lipinski definition) is 3. The van der Waals surface area contributed by atoms with E-state index in [4.69, 9.17) is 0 Å². The van der Waals surface area contributed by atoms with E-state index in [0.29, 0.717) is 0 Å². The lowest BCUT2D eigenvalue weighted by Crippen LogP contribution is -2.22. The Hall–Kier alpha value is -1.29. The minimum Gasteiger partial charge on any atom is -0.370 e. The first-order valence-electron chi connectivity index (χ1n) is 6.15. The molecule has 94 valence electrons. The van der Waals surface area contributed by atoms with Crippen molar-refractivity contribution in [3.8, 4) is 0 Å². The van der Waals surface area contributed by atoms with E-state index in [1.54, 1.807) is 18.4 Å². The molecule has 0 aliphatic carbocycles. The number of allylic oxidation sites excluding steroid dienone is 3. The van der Waals surface area contributed by atoms with Gasteiger partial charge in [0.15, 0.2) is 7.28 Å². The second-order valence-electron chi connectivity index (χ2n) is 3.65. The third-order valence-electron chi connectivity index (χ3n) is 2.42. The second-order valence-corrected chi connectivity index (χ2v) is 3.65. The van der Waals surface area contributed by atoms with Gasteiger partial charge in [-0.25, -0.2) is 0 Å². The van der Waals surface area contributed by atoms with Crippen molar-refractivity contribution in [1.29, 1.82) is 0 Å². The Labute approximate surface area is 105 Å². The summed E-state index contributed by atoms with van der Waals surface area (Å²) < 4.78 is 0. The first kappa shape index (κ1) is 15.7. The summed E-state index contributed by atoms with van der Waals surface area (Å²) in [6, 6.07) is 0. The average Bonchev–Trinajstić information content (AvgIpc) is 2.35. The SMILES string of the molecule is C=C/C=N/C(=C\C(O)N/C=C(/BC)CC)CC. The lowest BCUT2D eigenvalue weighted by Gasteiger charge is -2.09. The monoisotopic (exact) mass is 234 g/mol. The third-order valence-corrected chi connectivity index (χ3v) is 2.42. The molecule has 0 radical (unpaired) electrons. The summed E-state index contributed by atoms with van der Waals surface area (Å²) in [5, 5.41) is 12.7. The third kappa shape index (κ3) is 7.58. The molecule has 0 bridgehead atoms. The normalized spacial score (nSPS) is 14.8. The van der Waals surface area contributed by atoms with Crippen molar-refractivity contribution in [2.75, 3.05) is 0 Å². The molecule has 0 rings (SSSR count). The van der Waals surface area contributed by atoms with Crippen molar-refractivity contribution < 1.29 is 5.11 Å². The summed E-state index contributed by atoms with van der Waals surface area (Å²) >= 11 is 0. The maximum Gasteiger partial charge on any atom is 0.151 e. The molecule has 0 amide bonds. The highest BCUT2D eigenvalue weighted by molar-refractivity contribution is 6.43. The van der Waals surface area contributed by atoms with E-state index in [-0.39, 0.29) is 0 Å². The van der Waals surface area contributed by atoms with Gasteiger partial charge in [-0.15, -0.1) is 0 Å². The Balaban J connectivity index is 4.44. The molecule has 0 fully saturated rings. The van der Waals surface area contributed by atoms with E-state index in [9.17, 15) is 5.11 Å². The molecule has 0 saturated carbocycles. The van der Waals surface area contributed by atoms with Gasteiger partial charge >= 0.3 is 0 Å². The Kier molecular flexibility index (Phi) is 9.16. The van der Waals surface area contributed by atoms with Crippen LogP contribution >= 0.6 is 0 Å². The molecule has 0 aromatic carbocycles. The van der Waals surface area contributed by atoms with Gasteiger partial charge in [-0.3, -0.25) is 4.99 Å². The molecule has 1 atom stereocenters. The van der Waals surface area contributed by atoms with Crippen LogP contribution in [0.4, 0.5) is 0 Å². The second kappa shape index (κ2) is 9.91. The fourth-order valence-electron chi connectivity index (χ4n) is 1.29. The Morgan fingerprint density at radius 2 is 2.18 bits per heavy atom. The quantitative estimate of drug-likeness (QED) is 0.384. The molecule has 0 aromatic rings. The lowest BCUT2D eigenvalue weighted by atomic mass is 9.72. The molecular weight excluding hydrogens is 211 g/mol. The van der Waals surface area contributed by atoms with Gasteiger partial charge in [0.05, 0.1) is 0 Å². The van der Waals surface area contributed by atoms with Crippen LogP contribution < -0.4 is 5.32 Å². The van der Waals surface area contributed by atoms with Crippen LogP contribution in [0.1, 0.15) is 26.7 Å². The van der Waals surface area contributed by atoms with Gasteiger partial charge in [0.1, 0.15) is 6.23 Å². The van der Waals surface area contributed by atoms with E-state index in [2.05, 4.69) is 30.6 Å². The Morgan fingerprint density at radius 1 is 1.47 bits per heavy atom. The Bertz CT molecular complexity index is 303. The summed E-state index contributed by atoms with van der Waals surface area (Å²) in [5.41, 5.74) is 2.12. The minimum absolute atomic E-state index is 0.694. The number of nitrogens with zero attached hydrogens (tertiary/aromatic N) is 1. The molecular formula is C13H23BN2O. The van der Waals surface area contributed by atoms with Crippen LogP contribution in [-0.2, 0) is 0 Å². The maximum atomic E-state index is 9.76. The number of rotatable bonds is 8. The smallest absolute Gasteiger partial charge is 0.151 e. The summed E-state index contributed by atoms with van der Waals surface area (Å²) in [5.74, 6) is 0. The van der Waals surface area contributed by atoms with Crippen molar-refractivity contribution in [3.05, 3.63) is 36.1 Å². The molecule has 0 saturated heterocycles. The molecule has 3 nitrogen and oxygen atoms in total. The Morgan fingerprint density at radius 3 is 2.65 bits per heavy atom. The fraction of sp³-hybridized carbons (Fsp3) is 0.462. The molecule has 0 aromatic heterocycles. The van der Waals surface area contributed by atoms with Crippen LogP contribution in [0.5, 0.6) is 0 Å². The van der Waals surface area contributed by atoms with Crippen LogP contribution in [0, 0.1) is 0 Å². The van der Waals surface area contributed by atoms with Crippen molar-refractivity contribution in [2.45, 2.75) is 39.7 Å². The zero-order valence-electron chi connectivity index (χ0n) is 11.1. The average molecular weight is 234 g/mol. The van der Waals surface area contributed by atoms with E-state index in [1.165, 1.54) is 5.47 Å². The van der Waals surface area contributed by atoms with Crippen LogP contribution in [0.2, 0.25) is 6.82 Å². The fourth-order valence-corrected chi connectivity index (χ4v) is 1.29. The molecule has 0 aliphatic heterocycles. The van der Waals surface area contributed by atoms with E-state index < -0.39 is 6.23 Å². The zero-order chi connectivity index (χ0) is 13.1. The van der Waals surface area contributed by atoms with Gasteiger partial charge in [0.25, 0.3) is 0 Å². The van der Waals surface area contributed by atoms with Gasteiger partial charge < -0.3 is 10.4 Å². The predicted octanol–water partition coefficient (Wildman–Crippen LogP) is 2.18. The highest BCUT2D eigenvalue weighted by Crippen LogP contribution is 2.03. The van der Waals surface area contributed by atoms with Crippen molar-refractivity contribution in [2.24, 2.45) is 4.99 Å². The highest BCUT2D eigenvalue weighted by Gasteiger charge is 1.99. The van der Waals surface area contributed by atoms with Crippen molar-refractivity contribution in [1.82, 2.24) is 5.32 Å². The highest BCUT2D eigenvalue weighted by atomic mass is 16.3. The van der Waals surface area contributed by atoms with E-state index in [0.717, 1.165) is 25.8 Å². The molecule has 2 N–H and O–H groups in total. The van der Waals surface area contributed by atoms with Gasteiger partial charge in [-0.1, -0.05) is 38.8 Å². The number of aliphatic hydroxyl groups excluding tert-OH is 1. The molecule has 0 spiro atoms. The van der Waals surface area contributed by atoms with Crippen LogP contribution in [0.25, 0.3) is 0 Å². The zero-order valence-corrected chi connectivity index (χ0v) is 11.1. The topological polar surface area (TPSA) is 44.6 Å². The molecule has 4 heteroatoms. The lowest BCUT2D eigenvalue weighted by molar-refractivity contribution is 0.201. The maximum absolute atomic E-state index is 9.76. The summed E-state index contributed by atoms with van der Waals surface area (Å²) in [6.45, 7) is 9.77. The number of aliphatic hydroxyl groups is 1. The van der Waals surface area contributed by atoms with Crippen LogP contribution in [-0.4, -0.2) is 24.8 Å². The summed E-state index contributed by atoms with van der Waals surface area (Å²) in [6.07, 6.45) is 7.92. The summed E-state index contributed by atoms with van der Waals surface area (Å²) in [7, 11) is 0.995.